The molecule has 0 radical (unpaired) electrons. The molecule has 1 heterocycles. The van der Waals surface area contributed by atoms with Gasteiger partial charge in [0.15, 0.2) is 0 Å². The van der Waals surface area contributed by atoms with Crippen molar-refractivity contribution >= 4 is 22.9 Å². The Labute approximate surface area is 67.5 Å². The standard InChI is InChI=1S/C8H13NS/c1-8(2,3)6-4-5-7(10)9-6/h4-5H2,1-3H3. The van der Waals surface area contributed by atoms with Crippen LogP contribution in [0.1, 0.15) is 33.6 Å². The fourth-order valence-electron chi connectivity index (χ4n) is 1.03. The number of rotatable bonds is 0. The van der Waals surface area contributed by atoms with Crippen molar-refractivity contribution in [3.8, 4) is 0 Å². The maximum atomic E-state index is 4.98. The van der Waals surface area contributed by atoms with Gasteiger partial charge in [0.25, 0.3) is 0 Å². The minimum Gasteiger partial charge on any atom is -0.250 e. The van der Waals surface area contributed by atoms with E-state index in [9.17, 15) is 0 Å². The Hall–Kier alpha value is -0.240. The topological polar surface area (TPSA) is 12.4 Å². The van der Waals surface area contributed by atoms with E-state index in [0.717, 1.165) is 17.8 Å². The molecule has 0 aromatic heterocycles. The molecule has 0 saturated heterocycles. The van der Waals surface area contributed by atoms with Crippen LogP contribution in [0.3, 0.4) is 0 Å². The molecule has 0 amide bonds. The molecule has 1 rings (SSSR count). The van der Waals surface area contributed by atoms with Crippen LogP contribution in [-0.4, -0.2) is 10.7 Å². The normalized spacial score (nSPS) is 19.5. The molecule has 0 unspecified atom stereocenters. The summed E-state index contributed by atoms with van der Waals surface area (Å²) in [5.41, 5.74) is 1.48. The molecule has 0 spiro atoms. The molecule has 1 aliphatic rings. The molecule has 1 aliphatic heterocycles. The van der Waals surface area contributed by atoms with E-state index in [2.05, 4.69) is 25.8 Å². The highest BCUT2D eigenvalue weighted by molar-refractivity contribution is 7.80. The number of aliphatic imine (C=N–C) groups is 1. The van der Waals surface area contributed by atoms with Crippen molar-refractivity contribution in [2.24, 2.45) is 10.4 Å². The zero-order chi connectivity index (χ0) is 7.78. The number of nitrogens with zero attached hydrogens (tertiary/aromatic N) is 1. The van der Waals surface area contributed by atoms with Gasteiger partial charge in [-0.05, 0) is 6.42 Å². The van der Waals surface area contributed by atoms with Crippen molar-refractivity contribution in [2.75, 3.05) is 0 Å². The van der Waals surface area contributed by atoms with E-state index in [1.807, 2.05) is 0 Å². The van der Waals surface area contributed by atoms with Gasteiger partial charge in [0, 0.05) is 17.5 Å². The van der Waals surface area contributed by atoms with Gasteiger partial charge in [-0.1, -0.05) is 33.0 Å². The highest BCUT2D eigenvalue weighted by Crippen LogP contribution is 2.24. The smallest absolute Gasteiger partial charge is 0.103 e. The molecule has 2 heteroatoms. The second-order valence-electron chi connectivity index (χ2n) is 3.70. The summed E-state index contributed by atoms with van der Waals surface area (Å²) < 4.78 is 0. The van der Waals surface area contributed by atoms with Crippen molar-refractivity contribution in [1.29, 1.82) is 0 Å². The lowest BCUT2D eigenvalue weighted by atomic mass is 9.88. The first kappa shape index (κ1) is 7.86. The minimum atomic E-state index is 0.223. The molecule has 0 fully saturated rings. The summed E-state index contributed by atoms with van der Waals surface area (Å²) in [4.78, 5) is 5.19. The molecular formula is C8H13NS. The van der Waals surface area contributed by atoms with Gasteiger partial charge in [0.05, 0.1) is 0 Å². The molecular weight excluding hydrogens is 142 g/mol. The second kappa shape index (κ2) is 2.42. The lowest BCUT2D eigenvalue weighted by Gasteiger charge is -2.17. The third-order valence-electron chi connectivity index (χ3n) is 1.70. The van der Waals surface area contributed by atoms with E-state index in [1.54, 1.807) is 0 Å². The molecule has 0 saturated carbocycles. The first-order valence-electron chi connectivity index (χ1n) is 3.61. The van der Waals surface area contributed by atoms with Gasteiger partial charge >= 0.3 is 0 Å². The average Bonchev–Trinajstić information content (AvgIpc) is 2.11. The molecule has 0 aromatic rings. The Balaban J connectivity index is 2.76. The molecule has 1 nitrogen and oxygen atoms in total. The van der Waals surface area contributed by atoms with Crippen LogP contribution < -0.4 is 0 Å². The van der Waals surface area contributed by atoms with E-state index in [0.29, 0.717) is 0 Å². The van der Waals surface area contributed by atoms with Crippen molar-refractivity contribution in [2.45, 2.75) is 33.6 Å². The summed E-state index contributed by atoms with van der Waals surface area (Å²) >= 11 is 4.98. The number of thiocarbonyl (C=S) groups is 1. The SMILES string of the molecule is CC(C)(C)C1=NC(=S)CC1. The van der Waals surface area contributed by atoms with Crippen LogP contribution >= 0.6 is 12.2 Å². The van der Waals surface area contributed by atoms with Gasteiger partial charge in [0.1, 0.15) is 4.99 Å². The van der Waals surface area contributed by atoms with Crippen molar-refractivity contribution in [3.63, 3.8) is 0 Å². The van der Waals surface area contributed by atoms with Crippen LogP contribution in [0.15, 0.2) is 4.99 Å². The predicted molar refractivity (Wildman–Crippen MR) is 48.7 cm³/mol. The Kier molecular flexibility index (Phi) is 1.90. The third kappa shape index (κ3) is 1.63. The van der Waals surface area contributed by atoms with Gasteiger partial charge in [-0.25, -0.2) is 0 Å². The van der Waals surface area contributed by atoms with Gasteiger partial charge in [-0.15, -0.1) is 0 Å². The van der Waals surface area contributed by atoms with Crippen LogP contribution in [-0.2, 0) is 0 Å². The van der Waals surface area contributed by atoms with Crippen molar-refractivity contribution in [1.82, 2.24) is 0 Å². The van der Waals surface area contributed by atoms with Crippen molar-refractivity contribution < 1.29 is 0 Å². The summed E-state index contributed by atoms with van der Waals surface area (Å²) in [5, 5.41) is 0. The fraction of sp³-hybridized carbons (Fsp3) is 0.750. The van der Waals surface area contributed by atoms with E-state index >= 15 is 0 Å². The first-order chi connectivity index (χ1) is 4.50. The average molecular weight is 155 g/mol. The molecule has 0 N–H and O–H groups in total. The Morgan fingerprint density at radius 2 is 1.90 bits per heavy atom. The summed E-state index contributed by atoms with van der Waals surface area (Å²) in [6.07, 6.45) is 2.06. The van der Waals surface area contributed by atoms with Gasteiger partial charge < -0.3 is 0 Å². The highest BCUT2D eigenvalue weighted by atomic mass is 32.1. The summed E-state index contributed by atoms with van der Waals surface area (Å²) in [7, 11) is 0. The van der Waals surface area contributed by atoms with Gasteiger partial charge in [-0.2, -0.15) is 0 Å². The lowest BCUT2D eigenvalue weighted by Crippen LogP contribution is -2.17. The molecule has 56 valence electrons. The molecule has 0 aliphatic carbocycles. The van der Waals surface area contributed by atoms with Gasteiger partial charge in [-0.3, -0.25) is 4.99 Å². The lowest BCUT2D eigenvalue weighted by molar-refractivity contribution is 0.583. The zero-order valence-corrected chi connectivity index (χ0v) is 7.59. The second-order valence-corrected chi connectivity index (χ2v) is 4.17. The maximum Gasteiger partial charge on any atom is 0.103 e. The first-order valence-corrected chi connectivity index (χ1v) is 4.02. The van der Waals surface area contributed by atoms with Crippen LogP contribution in [0.25, 0.3) is 0 Å². The maximum absolute atomic E-state index is 4.98. The summed E-state index contributed by atoms with van der Waals surface area (Å²) in [6, 6.07) is 0. The Morgan fingerprint density at radius 3 is 2.10 bits per heavy atom. The molecule has 0 aromatic carbocycles. The number of hydrogen-bond acceptors (Lipinski definition) is 1. The van der Waals surface area contributed by atoms with E-state index in [-0.39, 0.29) is 5.41 Å². The van der Waals surface area contributed by atoms with E-state index < -0.39 is 0 Å². The van der Waals surface area contributed by atoms with Crippen LogP contribution in [0, 0.1) is 5.41 Å². The van der Waals surface area contributed by atoms with Crippen LogP contribution in [0.5, 0.6) is 0 Å². The van der Waals surface area contributed by atoms with E-state index in [4.69, 9.17) is 12.2 Å². The van der Waals surface area contributed by atoms with Crippen LogP contribution in [0.4, 0.5) is 0 Å². The summed E-state index contributed by atoms with van der Waals surface area (Å²) in [6.45, 7) is 6.54. The summed E-state index contributed by atoms with van der Waals surface area (Å²) in [5.74, 6) is 0. The molecule has 0 bridgehead atoms. The Bertz CT molecular complexity index is 186. The molecule has 10 heavy (non-hydrogen) atoms. The van der Waals surface area contributed by atoms with Crippen LogP contribution in [0.2, 0.25) is 0 Å². The van der Waals surface area contributed by atoms with E-state index in [1.165, 1.54) is 5.71 Å². The largest absolute Gasteiger partial charge is 0.250 e. The van der Waals surface area contributed by atoms with Crippen molar-refractivity contribution in [3.05, 3.63) is 0 Å². The van der Waals surface area contributed by atoms with Gasteiger partial charge in [0.2, 0.25) is 0 Å². The number of hydrogen-bond donors (Lipinski definition) is 0. The molecule has 0 atom stereocenters. The zero-order valence-electron chi connectivity index (χ0n) is 6.77. The minimum absolute atomic E-state index is 0.223. The third-order valence-corrected chi connectivity index (χ3v) is 2.00. The fourth-order valence-corrected chi connectivity index (χ4v) is 1.24. The predicted octanol–water partition coefficient (Wildman–Crippen LogP) is 2.59. The monoisotopic (exact) mass is 155 g/mol. The quantitative estimate of drug-likeness (QED) is 0.490. The highest BCUT2D eigenvalue weighted by Gasteiger charge is 2.22. The Morgan fingerprint density at radius 1 is 1.30 bits per heavy atom.